The molecule has 2 rings (SSSR count). The molecule has 0 radical (unpaired) electrons. The summed E-state index contributed by atoms with van der Waals surface area (Å²) in [6.07, 6.45) is 3.24. The lowest BCUT2D eigenvalue weighted by Crippen LogP contribution is -2.11. The topological polar surface area (TPSA) is 51.2 Å². The molecule has 15 heavy (non-hydrogen) atoms. The third-order valence-electron chi connectivity index (χ3n) is 1.96. The number of rotatable bonds is 4. The number of nitrogens with zero attached hydrogens (tertiary/aromatic N) is 1. The number of oxazole rings is 1. The smallest absolute Gasteiger partial charge is 0.230 e. The number of nitrogens with one attached hydrogen (secondary N) is 1. The van der Waals surface area contributed by atoms with E-state index in [2.05, 4.69) is 26.2 Å². The Morgan fingerprint density at radius 1 is 1.47 bits per heavy atom. The number of aromatic nitrogens is 1. The fourth-order valence-electron chi connectivity index (χ4n) is 1.21. The molecule has 0 aromatic carbocycles. The molecule has 4 nitrogen and oxygen atoms in total. The highest BCUT2D eigenvalue weighted by atomic mass is 79.9. The molecule has 0 aliphatic rings. The number of hydrogen-bond acceptors (Lipinski definition) is 4. The molecule has 80 valence electrons. The molecule has 2 heterocycles. The van der Waals surface area contributed by atoms with Crippen LogP contribution in [0.2, 0.25) is 0 Å². The van der Waals surface area contributed by atoms with Gasteiger partial charge in [-0.05, 0) is 28.5 Å². The van der Waals surface area contributed by atoms with Crippen LogP contribution in [-0.2, 0) is 6.54 Å². The van der Waals surface area contributed by atoms with E-state index in [-0.39, 0.29) is 0 Å². The van der Waals surface area contributed by atoms with Crippen LogP contribution in [0.15, 0.2) is 32.1 Å². The molecule has 0 unspecified atom stereocenters. The lowest BCUT2D eigenvalue weighted by Gasteiger charge is -1.93. The Hall–Kier alpha value is -1.07. The summed E-state index contributed by atoms with van der Waals surface area (Å²) in [5.74, 6) is 0.573. The van der Waals surface area contributed by atoms with Gasteiger partial charge in [0.2, 0.25) is 5.89 Å². The molecule has 0 bridgehead atoms. The fourth-order valence-corrected chi connectivity index (χ4v) is 1.62. The molecule has 0 amide bonds. The Balaban J connectivity index is 2.17. The van der Waals surface area contributed by atoms with Crippen molar-refractivity contribution in [3.8, 4) is 11.5 Å². The molecule has 1 N–H and O–H groups in total. The Kier molecular flexibility index (Phi) is 3.23. The van der Waals surface area contributed by atoms with E-state index in [9.17, 15) is 0 Å². The van der Waals surface area contributed by atoms with E-state index >= 15 is 0 Å². The van der Waals surface area contributed by atoms with Gasteiger partial charge in [0, 0.05) is 6.54 Å². The molecule has 0 fully saturated rings. The number of furan rings is 1. The predicted molar refractivity (Wildman–Crippen MR) is 59.3 cm³/mol. The third kappa shape index (κ3) is 2.30. The molecule has 0 spiro atoms. The molecule has 2 aromatic heterocycles. The van der Waals surface area contributed by atoms with Crippen LogP contribution in [0.5, 0.6) is 0 Å². The van der Waals surface area contributed by atoms with Crippen LogP contribution in [0.1, 0.15) is 12.6 Å². The maximum Gasteiger partial charge on any atom is 0.230 e. The molecule has 2 aromatic rings. The standard InChI is InChI=1S/C10H11BrN2O2/c1-2-12-5-7-6-15-10(13-7)8-3-4-14-9(8)11/h3-4,6,12H,2,5H2,1H3. The van der Waals surface area contributed by atoms with E-state index in [1.54, 1.807) is 12.5 Å². The summed E-state index contributed by atoms with van der Waals surface area (Å²) in [5.41, 5.74) is 1.72. The van der Waals surface area contributed by atoms with Crippen LogP contribution in [-0.4, -0.2) is 11.5 Å². The van der Waals surface area contributed by atoms with Gasteiger partial charge in [0.15, 0.2) is 4.67 Å². The predicted octanol–water partition coefficient (Wildman–Crippen LogP) is 2.81. The molecular formula is C10H11BrN2O2. The van der Waals surface area contributed by atoms with Gasteiger partial charge < -0.3 is 14.2 Å². The van der Waals surface area contributed by atoms with Crippen molar-refractivity contribution < 1.29 is 8.83 Å². The molecule has 0 aliphatic heterocycles. The van der Waals surface area contributed by atoms with Gasteiger partial charge in [-0.2, -0.15) is 0 Å². The van der Waals surface area contributed by atoms with Crippen molar-refractivity contribution in [2.45, 2.75) is 13.5 Å². The van der Waals surface area contributed by atoms with Gasteiger partial charge in [-0.1, -0.05) is 6.92 Å². The van der Waals surface area contributed by atoms with Crippen LogP contribution in [0.4, 0.5) is 0 Å². The Bertz CT molecular complexity index is 436. The third-order valence-corrected chi connectivity index (χ3v) is 2.57. The second kappa shape index (κ2) is 4.63. The monoisotopic (exact) mass is 270 g/mol. The van der Waals surface area contributed by atoms with E-state index in [0.29, 0.717) is 10.6 Å². The molecule has 5 heteroatoms. The van der Waals surface area contributed by atoms with E-state index < -0.39 is 0 Å². The minimum absolute atomic E-state index is 0.573. The van der Waals surface area contributed by atoms with Crippen molar-refractivity contribution in [2.75, 3.05) is 6.54 Å². The van der Waals surface area contributed by atoms with Gasteiger partial charge in [-0.25, -0.2) is 4.98 Å². The summed E-state index contributed by atoms with van der Waals surface area (Å²) < 4.78 is 11.1. The summed E-state index contributed by atoms with van der Waals surface area (Å²) in [5, 5.41) is 3.18. The first-order valence-corrected chi connectivity index (χ1v) is 5.49. The van der Waals surface area contributed by atoms with Crippen LogP contribution in [0, 0.1) is 0 Å². The minimum Gasteiger partial charge on any atom is -0.457 e. The lowest BCUT2D eigenvalue weighted by molar-refractivity contribution is 0.535. The highest BCUT2D eigenvalue weighted by Gasteiger charge is 2.11. The largest absolute Gasteiger partial charge is 0.457 e. The quantitative estimate of drug-likeness (QED) is 0.928. The zero-order valence-electron chi connectivity index (χ0n) is 8.29. The van der Waals surface area contributed by atoms with Crippen LogP contribution >= 0.6 is 15.9 Å². The fraction of sp³-hybridized carbons (Fsp3) is 0.300. The maximum absolute atomic E-state index is 5.35. The summed E-state index contributed by atoms with van der Waals surface area (Å²) >= 11 is 3.28. The molecule has 0 saturated carbocycles. The van der Waals surface area contributed by atoms with Crippen LogP contribution in [0.25, 0.3) is 11.5 Å². The van der Waals surface area contributed by atoms with Crippen molar-refractivity contribution in [2.24, 2.45) is 0 Å². The summed E-state index contributed by atoms with van der Waals surface area (Å²) in [4.78, 5) is 4.33. The first kappa shape index (κ1) is 10.4. The van der Waals surface area contributed by atoms with Crippen molar-refractivity contribution >= 4 is 15.9 Å². The van der Waals surface area contributed by atoms with E-state index in [0.717, 1.165) is 24.3 Å². The van der Waals surface area contributed by atoms with Gasteiger partial charge in [-0.15, -0.1) is 0 Å². The SMILES string of the molecule is CCNCc1coc(-c2ccoc2Br)n1. The van der Waals surface area contributed by atoms with Crippen LogP contribution in [0.3, 0.4) is 0 Å². The summed E-state index contributed by atoms with van der Waals surface area (Å²) in [6.45, 7) is 3.68. The van der Waals surface area contributed by atoms with Crippen molar-refractivity contribution in [3.05, 3.63) is 29.0 Å². The summed E-state index contributed by atoms with van der Waals surface area (Å²) in [7, 11) is 0. The molecule has 0 aliphatic carbocycles. The average molecular weight is 271 g/mol. The minimum atomic E-state index is 0.573. The first-order chi connectivity index (χ1) is 7.31. The molecular weight excluding hydrogens is 260 g/mol. The Labute approximate surface area is 95.8 Å². The number of hydrogen-bond donors (Lipinski definition) is 1. The zero-order chi connectivity index (χ0) is 10.7. The average Bonchev–Trinajstić information content (AvgIpc) is 2.83. The Morgan fingerprint density at radius 2 is 2.33 bits per heavy atom. The number of halogens is 1. The van der Waals surface area contributed by atoms with Gasteiger partial charge >= 0.3 is 0 Å². The van der Waals surface area contributed by atoms with Gasteiger partial charge in [0.05, 0.1) is 17.5 Å². The Morgan fingerprint density at radius 3 is 3.00 bits per heavy atom. The highest BCUT2D eigenvalue weighted by Crippen LogP contribution is 2.28. The first-order valence-electron chi connectivity index (χ1n) is 4.69. The highest BCUT2D eigenvalue weighted by molar-refractivity contribution is 9.10. The molecule has 0 saturated heterocycles. The second-order valence-electron chi connectivity index (χ2n) is 3.03. The summed E-state index contributed by atoms with van der Waals surface area (Å²) in [6, 6.07) is 1.81. The second-order valence-corrected chi connectivity index (χ2v) is 3.75. The van der Waals surface area contributed by atoms with Crippen molar-refractivity contribution in [1.29, 1.82) is 0 Å². The lowest BCUT2D eigenvalue weighted by atomic mass is 10.3. The van der Waals surface area contributed by atoms with Gasteiger partial charge in [0.1, 0.15) is 6.26 Å². The van der Waals surface area contributed by atoms with Crippen molar-refractivity contribution in [3.63, 3.8) is 0 Å². The van der Waals surface area contributed by atoms with Crippen molar-refractivity contribution in [1.82, 2.24) is 10.3 Å². The van der Waals surface area contributed by atoms with E-state index in [1.807, 2.05) is 13.0 Å². The van der Waals surface area contributed by atoms with Gasteiger partial charge in [-0.3, -0.25) is 0 Å². The van der Waals surface area contributed by atoms with Crippen LogP contribution < -0.4 is 5.32 Å². The zero-order valence-corrected chi connectivity index (χ0v) is 9.87. The van der Waals surface area contributed by atoms with Gasteiger partial charge in [0.25, 0.3) is 0 Å². The normalized spacial score (nSPS) is 10.8. The van der Waals surface area contributed by atoms with E-state index in [1.165, 1.54) is 0 Å². The van der Waals surface area contributed by atoms with E-state index in [4.69, 9.17) is 8.83 Å². The molecule has 0 atom stereocenters. The maximum atomic E-state index is 5.35.